The second kappa shape index (κ2) is 5.83. The molecule has 0 fully saturated rings. The van der Waals surface area contributed by atoms with Crippen LogP contribution in [0.25, 0.3) is 0 Å². The van der Waals surface area contributed by atoms with Gasteiger partial charge in [-0.3, -0.25) is 4.79 Å². The Hall–Kier alpha value is -2.56. The van der Waals surface area contributed by atoms with Gasteiger partial charge >= 0.3 is 0 Å². The van der Waals surface area contributed by atoms with Gasteiger partial charge in [-0.05, 0) is 42.8 Å². The van der Waals surface area contributed by atoms with Crippen LogP contribution in [0.3, 0.4) is 0 Å². The molecule has 2 rings (SSSR count). The highest BCUT2D eigenvalue weighted by Gasteiger charge is 2.20. The van der Waals surface area contributed by atoms with Crippen LogP contribution in [-0.4, -0.2) is 17.9 Å². The molecule has 1 atom stereocenters. The molecule has 1 amide bonds. The predicted octanol–water partition coefficient (Wildman–Crippen LogP) is 2.82. The molecule has 1 unspecified atom stereocenters. The standard InChI is InChI=1S/C16H18FN3O/c1-10(11-3-5-12(17)6-4-11)20(2)16(21)14-8-7-13(18)9-15(14)19/h3-10H,18-19H2,1-2H3. The fraction of sp³-hybridized carbons (Fsp3) is 0.188. The fourth-order valence-corrected chi connectivity index (χ4v) is 2.11. The molecule has 0 radical (unpaired) electrons. The normalized spacial score (nSPS) is 12.0. The van der Waals surface area contributed by atoms with Crippen molar-refractivity contribution in [2.75, 3.05) is 18.5 Å². The molecular weight excluding hydrogens is 269 g/mol. The lowest BCUT2D eigenvalue weighted by atomic mass is 10.1. The molecule has 0 saturated carbocycles. The largest absolute Gasteiger partial charge is 0.399 e. The molecule has 0 saturated heterocycles. The first-order valence-electron chi connectivity index (χ1n) is 6.57. The van der Waals surface area contributed by atoms with Crippen LogP contribution in [0.2, 0.25) is 0 Å². The molecule has 21 heavy (non-hydrogen) atoms. The first-order valence-corrected chi connectivity index (χ1v) is 6.57. The van der Waals surface area contributed by atoms with Gasteiger partial charge in [0.25, 0.3) is 5.91 Å². The molecule has 0 aliphatic rings. The second-order valence-corrected chi connectivity index (χ2v) is 4.99. The Morgan fingerprint density at radius 2 is 1.76 bits per heavy atom. The Morgan fingerprint density at radius 3 is 2.33 bits per heavy atom. The SMILES string of the molecule is CC(c1ccc(F)cc1)N(C)C(=O)c1ccc(N)cc1N. The Bertz CT molecular complexity index is 655. The molecular formula is C16H18FN3O. The number of nitrogens with two attached hydrogens (primary N) is 2. The first-order chi connectivity index (χ1) is 9.90. The fourth-order valence-electron chi connectivity index (χ4n) is 2.11. The van der Waals surface area contributed by atoms with Gasteiger partial charge in [-0.25, -0.2) is 4.39 Å². The highest BCUT2D eigenvalue weighted by atomic mass is 19.1. The maximum Gasteiger partial charge on any atom is 0.256 e. The molecule has 4 N–H and O–H groups in total. The first kappa shape index (κ1) is 14.8. The number of amides is 1. The zero-order valence-electron chi connectivity index (χ0n) is 12.0. The second-order valence-electron chi connectivity index (χ2n) is 4.99. The average molecular weight is 287 g/mol. The number of anilines is 2. The number of rotatable bonds is 3. The zero-order valence-corrected chi connectivity index (χ0v) is 12.0. The van der Waals surface area contributed by atoms with E-state index < -0.39 is 0 Å². The minimum atomic E-state index is -0.303. The molecule has 0 aliphatic heterocycles. The maximum atomic E-state index is 13.0. The third-order valence-corrected chi connectivity index (χ3v) is 3.56. The van der Waals surface area contributed by atoms with E-state index in [1.54, 1.807) is 42.3 Å². The van der Waals surface area contributed by atoms with Crippen molar-refractivity contribution in [1.82, 2.24) is 4.90 Å². The summed E-state index contributed by atoms with van der Waals surface area (Å²) in [7, 11) is 1.69. The summed E-state index contributed by atoms with van der Waals surface area (Å²) in [5, 5.41) is 0. The highest BCUT2D eigenvalue weighted by Crippen LogP contribution is 2.24. The van der Waals surface area contributed by atoms with Crippen molar-refractivity contribution in [2.24, 2.45) is 0 Å². The van der Waals surface area contributed by atoms with Gasteiger partial charge in [0, 0.05) is 18.4 Å². The Balaban J connectivity index is 2.24. The predicted molar refractivity (Wildman–Crippen MR) is 82.2 cm³/mol. The molecule has 0 aromatic heterocycles. The van der Waals surface area contributed by atoms with Crippen LogP contribution in [-0.2, 0) is 0 Å². The van der Waals surface area contributed by atoms with E-state index in [9.17, 15) is 9.18 Å². The summed E-state index contributed by atoms with van der Waals surface area (Å²) < 4.78 is 13.0. The topological polar surface area (TPSA) is 72.3 Å². The summed E-state index contributed by atoms with van der Waals surface area (Å²) in [6.45, 7) is 1.87. The minimum Gasteiger partial charge on any atom is -0.399 e. The lowest BCUT2D eigenvalue weighted by Crippen LogP contribution is -2.30. The molecule has 2 aromatic carbocycles. The summed E-state index contributed by atoms with van der Waals surface area (Å²) >= 11 is 0. The molecule has 0 heterocycles. The van der Waals surface area contributed by atoms with Crippen molar-refractivity contribution in [3.05, 3.63) is 59.4 Å². The molecule has 0 aliphatic carbocycles. The maximum absolute atomic E-state index is 13.0. The number of carbonyl (C=O) groups excluding carboxylic acids is 1. The average Bonchev–Trinajstić information content (AvgIpc) is 2.46. The summed E-state index contributed by atoms with van der Waals surface area (Å²) in [5.41, 5.74) is 13.6. The number of benzene rings is 2. The lowest BCUT2D eigenvalue weighted by Gasteiger charge is -2.26. The number of hydrogen-bond donors (Lipinski definition) is 2. The van der Waals surface area contributed by atoms with E-state index in [4.69, 9.17) is 11.5 Å². The van der Waals surface area contributed by atoms with E-state index in [2.05, 4.69) is 0 Å². The van der Waals surface area contributed by atoms with Crippen LogP contribution < -0.4 is 11.5 Å². The molecule has 5 heteroatoms. The summed E-state index contributed by atoms with van der Waals surface area (Å²) in [4.78, 5) is 14.1. The van der Waals surface area contributed by atoms with Crippen LogP contribution in [0.15, 0.2) is 42.5 Å². The summed E-state index contributed by atoms with van der Waals surface area (Å²) in [6.07, 6.45) is 0. The molecule has 4 nitrogen and oxygen atoms in total. The van der Waals surface area contributed by atoms with Crippen molar-refractivity contribution >= 4 is 17.3 Å². The van der Waals surface area contributed by atoms with Crippen LogP contribution in [0.5, 0.6) is 0 Å². The molecule has 0 bridgehead atoms. The third-order valence-electron chi connectivity index (χ3n) is 3.56. The smallest absolute Gasteiger partial charge is 0.256 e. The summed E-state index contributed by atoms with van der Waals surface area (Å²) in [5.74, 6) is -0.507. The van der Waals surface area contributed by atoms with Crippen LogP contribution in [0.4, 0.5) is 15.8 Å². The number of nitrogen functional groups attached to an aromatic ring is 2. The van der Waals surface area contributed by atoms with E-state index in [0.717, 1.165) is 5.56 Å². The van der Waals surface area contributed by atoms with Gasteiger partial charge in [-0.1, -0.05) is 12.1 Å². The molecule has 0 spiro atoms. The number of halogens is 1. The van der Waals surface area contributed by atoms with Gasteiger partial charge in [0.2, 0.25) is 0 Å². The van der Waals surface area contributed by atoms with Crippen molar-refractivity contribution in [3.63, 3.8) is 0 Å². The van der Waals surface area contributed by atoms with Crippen molar-refractivity contribution < 1.29 is 9.18 Å². The number of nitrogens with zero attached hydrogens (tertiary/aromatic N) is 1. The number of carbonyl (C=O) groups is 1. The van der Waals surface area contributed by atoms with Crippen molar-refractivity contribution in [1.29, 1.82) is 0 Å². The highest BCUT2D eigenvalue weighted by molar-refractivity contribution is 5.99. The Labute approximate surface area is 123 Å². The van der Waals surface area contributed by atoms with Crippen LogP contribution in [0, 0.1) is 5.82 Å². The van der Waals surface area contributed by atoms with Gasteiger partial charge in [0.1, 0.15) is 5.82 Å². The minimum absolute atomic E-state index is 0.199. The van der Waals surface area contributed by atoms with Crippen LogP contribution in [0.1, 0.15) is 28.9 Å². The Kier molecular flexibility index (Phi) is 4.12. The molecule has 2 aromatic rings. The van der Waals surface area contributed by atoms with Gasteiger partial charge in [0.15, 0.2) is 0 Å². The van der Waals surface area contributed by atoms with Gasteiger partial charge in [0.05, 0.1) is 11.6 Å². The van der Waals surface area contributed by atoms with E-state index in [1.807, 2.05) is 6.92 Å². The lowest BCUT2D eigenvalue weighted by molar-refractivity contribution is 0.0743. The summed E-state index contributed by atoms with van der Waals surface area (Å²) in [6, 6.07) is 10.7. The van der Waals surface area contributed by atoms with Gasteiger partial charge in [-0.2, -0.15) is 0 Å². The quantitative estimate of drug-likeness (QED) is 0.853. The van der Waals surface area contributed by atoms with E-state index in [0.29, 0.717) is 16.9 Å². The molecule has 110 valence electrons. The third kappa shape index (κ3) is 3.13. The zero-order chi connectivity index (χ0) is 15.6. The van der Waals surface area contributed by atoms with E-state index >= 15 is 0 Å². The van der Waals surface area contributed by atoms with Gasteiger partial charge < -0.3 is 16.4 Å². The van der Waals surface area contributed by atoms with Crippen LogP contribution >= 0.6 is 0 Å². The van der Waals surface area contributed by atoms with E-state index in [1.165, 1.54) is 12.1 Å². The van der Waals surface area contributed by atoms with Crippen molar-refractivity contribution in [2.45, 2.75) is 13.0 Å². The van der Waals surface area contributed by atoms with Crippen molar-refractivity contribution in [3.8, 4) is 0 Å². The Morgan fingerprint density at radius 1 is 1.14 bits per heavy atom. The monoisotopic (exact) mass is 287 g/mol. The van der Waals surface area contributed by atoms with E-state index in [-0.39, 0.29) is 17.8 Å². The van der Waals surface area contributed by atoms with Gasteiger partial charge in [-0.15, -0.1) is 0 Å². The number of hydrogen-bond acceptors (Lipinski definition) is 3.